The SMILES string of the molecule is S=C(NC[C@H]1CCCO1)N[C@@H]1CCSc2ccccc21. The van der Waals surface area contributed by atoms with Crippen molar-refractivity contribution in [2.45, 2.75) is 36.3 Å². The smallest absolute Gasteiger partial charge is 0.166 e. The van der Waals surface area contributed by atoms with Crippen molar-refractivity contribution >= 4 is 29.1 Å². The standard InChI is InChI=1S/C15H20N2OS2/c19-15(16-10-11-4-3-8-18-11)17-13-7-9-20-14-6-2-1-5-12(13)14/h1-2,5-6,11,13H,3-4,7-10H2,(H2,16,17,19)/t11-,13-/m1/s1. The number of benzene rings is 1. The predicted molar refractivity (Wildman–Crippen MR) is 87.2 cm³/mol. The summed E-state index contributed by atoms with van der Waals surface area (Å²) in [5.41, 5.74) is 1.37. The van der Waals surface area contributed by atoms with E-state index >= 15 is 0 Å². The van der Waals surface area contributed by atoms with E-state index in [0.717, 1.165) is 36.9 Å². The number of nitrogens with one attached hydrogen (secondary N) is 2. The molecule has 2 N–H and O–H groups in total. The third-order valence-corrected chi connectivity index (χ3v) is 5.16. The first-order valence-corrected chi connectivity index (χ1v) is 8.60. The molecule has 2 atom stereocenters. The lowest BCUT2D eigenvalue weighted by atomic mass is 10.0. The van der Waals surface area contributed by atoms with Crippen molar-refractivity contribution in [1.29, 1.82) is 0 Å². The third kappa shape index (κ3) is 3.45. The van der Waals surface area contributed by atoms with Crippen LogP contribution in [0.15, 0.2) is 29.2 Å². The van der Waals surface area contributed by atoms with E-state index in [9.17, 15) is 0 Å². The van der Waals surface area contributed by atoms with Gasteiger partial charge < -0.3 is 15.4 Å². The summed E-state index contributed by atoms with van der Waals surface area (Å²) in [6, 6.07) is 8.92. The van der Waals surface area contributed by atoms with Crippen molar-refractivity contribution in [3.63, 3.8) is 0 Å². The first kappa shape index (κ1) is 14.2. The van der Waals surface area contributed by atoms with Gasteiger partial charge in [0.1, 0.15) is 0 Å². The highest BCUT2D eigenvalue weighted by molar-refractivity contribution is 7.99. The zero-order valence-corrected chi connectivity index (χ0v) is 13.1. The minimum atomic E-state index is 0.323. The van der Waals surface area contributed by atoms with Gasteiger partial charge >= 0.3 is 0 Å². The normalized spacial score (nSPS) is 25.0. The van der Waals surface area contributed by atoms with Crippen LogP contribution in [0.1, 0.15) is 30.9 Å². The second-order valence-electron chi connectivity index (χ2n) is 5.22. The molecule has 1 saturated heterocycles. The van der Waals surface area contributed by atoms with E-state index in [2.05, 4.69) is 34.9 Å². The lowest BCUT2D eigenvalue weighted by Gasteiger charge is -2.27. The van der Waals surface area contributed by atoms with Crippen LogP contribution < -0.4 is 10.6 Å². The van der Waals surface area contributed by atoms with Crippen molar-refractivity contribution in [1.82, 2.24) is 10.6 Å². The fourth-order valence-electron chi connectivity index (χ4n) is 2.71. The zero-order chi connectivity index (χ0) is 13.8. The Balaban J connectivity index is 1.54. The van der Waals surface area contributed by atoms with Crippen molar-refractivity contribution in [3.05, 3.63) is 29.8 Å². The summed E-state index contributed by atoms with van der Waals surface area (Å²) in [7, 11) is 0. The summed E-state index contributed by atoms with van der Waals surface area (Å²) in [6.45, 7) is 1.70. The van der Waals surface area contributed by atoms with E-state index in [0.29, 0.717) is 12.1 Å². The Labute approximate surface area is 129 Å². The quantitative estimate of drug-likeness (QED) is 0.839. The van der Waals surface area contributed by atoms with Crippen LogP contribution in [0.3, 0.4) is 0 Å². The maximum atomic E-state index is 5.60. The van der Waals surface area contributed by atoms with E-state index in [-0.39, 0.29) is 0 Å². The molecule has 2 aliphatic rings. The highest BCUT2D eigenvalue weighted by Crippen LogP contribution is 2.35. The van der Waals surface area contributed by atoms with Crippen LogP contribution in [0, 0.1) is 0 Å². The Bertz CT molecular complexity index is 475. The summed E-state index contributed by atoms with van der Waals surface area (Å²) < 4.78 is 5.60. The molecule has 2 heterocycles. The molecule has 3 rings (SSSR count). The molecule has 0 spiro atoms. The Morgan fingerprint density at radius 3 is 3.10 bits per heavy atom. The number of rotatable bonds is 3. The molecule has 1 fully saturated rings. The minimum Gasteiger partial charge on any atom is -0.376 e. The van der Waals surface area contributed by atoms with Crippen LogP contribution in [-0.4, -0.2) is 30.1 Å². The van der Waals surface area contributed by atoms with Gasteiger partial charge in [-0.05, 0) is 43.1 Å². The molecule has 108 valence electrons. The molecule has 1 aromatic carbocycles. The highest BCUT2D eigenvalue weighted by Gasteiger charge is 2.21. The van der Waals surface area contributed by atoms with Crippen LogP contribution in [0.4, 0.5) is 0 Å². The summed E-state index contributed by atoms with van der Waals surface area (Å²) in [4.78, 5) is 1.37. The molecule has 3 nitrogen and oxygen atoms in total. The number of thiocarbonyl (C=S) groups is 1. The average molecular weight is 308 g/mol. The maximum absolute atomic E-state index is 5.60. The van der Waals surface area contributed by atoms with Gasteiger partial charge in [0.2, 0.25) is 0 Å². The highest BCUT2D eigenvalue weighted by atomic mass is 32.2. The van der Waals surface area contributed by atoms with E-state index in [1.165, 1.54) is 16.9 Å². The van der Waals surface area contributed by atoms with Gasteiger partial charge in [-0.1, -0.05) is 18.2 Å². The molecule has 0 aromatic heterocycles. The summed E-state index contributed by atoms with van der Waals surface area (Å²) in [5.74, 6) is 1.14. The number of ether oxygens (including phenoxy) is 1. The fourth-order valence-corrected chi connectivity index (χ4v) is 4.06. The molecule has 0 radical (unpaired) electrons. The number of hydrogen-bond donors (Lipinski definition) is 2. The molecule has 2 aliphatic heterocycles. The van der Waals surface area contributed by atoms with Crippen LogP contribution in [0.5, 0.6) is 0 Å². The Hall–Kier alpha value is -0.780. The van der Waals surface area contributed by atoms with Gasteiger partial charge in [-0.2, -0.15) is 0 Å². The summed E-state index contributed by atoms with van der Waals surface area (Å²) in [5, 5.41) is 7.48. The van der Waals surface area contributed by atoms with Crippen molar-refractivity contribution in [2.24, 2.45) is 0 Å². The van der Waals surface area contributed by atoms with Crippen molar-refractivity contribution in [3.8, 4) is 0 Å². The van der Waals surface area contributed by atoms with Gasteiger partial charge in [-0.3, -0.25) is 0 Å². The van der Waals surface area contributed by atoms with Gasteiger partial charge in [-0.15, -0.1) is 11.8 Å². The first-order valence-electron chi connectivity index (χ1n) is 7.20. The Morgan fingerprint density at radius 2 is 2.25 bits per heavy atom. The van der Waals surface area contributed by atoms with Crippen molar-refractivity contribution in [2.75, 3.05) is 18.9 Å². The first-order chi connectivity index (χ1) is 9.83. The van der Waals surface area contributed by atoms with Gasteiger partial charge in [0, 0.05) is 23.8 Å². The van der Waals surface area contributed by atoms with Gasteiger partial charge in [0.15, 0.2) is 5.11 Å². The minimum absolute atomic E-state index is 0.323. The summed E-state index contributed by atoms with van der Waals surface area (Å²) >= 11 is 7.34. The third-order valence-electron chi connectivity index (χ3n) is 3.78. The number of fused-ring (bicyclic) bond motifs is 1. The molecule has 0 unspecified atom stereocenters. The lowest BCUT2D eigenvalue weighted by molar-refractivity contribution is 0.114. The summed E-state index contributed by atoms with van der Waals surface area (Å²) in [6.07, 6.45) is 3.74. The molecule has 0 saturated carbocycles. The Morgan fingerprint density at radius 1 is 1.35 bits per heavy atom. The Kier molecular flexibility index (Phi) is 4.81. The second kappa shape index (κ2) is 6.78. The molecule has 0 amide bonds. The molecule has 0 bridgehead atoms. The second-order valence-corrected chi connectivity index (χ2v) is 6.76. The van der Waals surface area contributed by atoms with E-state index in [4.69, 9.17) is 17.0 Å². The van der Waals surface area contributed by atoms with Gasteiger partial charge in [0.25, 0.3) is 0 Å². The lowest BCUT2D eigenvalue weighted by Crippen LogP contribution is -2.41. The average Bonchev–Trinajstić information content (AvgIpc) is 2.99. The van der Waals surface area contributed by atoms with E-state index in [1.54, 1.807) is 0 Å². The predicted octanol–water partition coefficient (Wildman–Crippen LogP) is 2.87. The van der Waals surface area contributed by atoms with Gasteiger partial charge in [-0.25, -0.2) is 0 Å². The topological polar surface area (TPSA) is 33.3 Å². The van der Waals surface area contributed by atoms with Crippen LogP contribution in [-0.2, 0) is 4.74 Å². The number of thioether (sulfide) groups is 1. The van der Waals surface area contributed by atoms with Crippen LogP contribution in [0.25, 0.3) is 0 Å². The monoisotopic (exact) mass is 308 g/mol. The molecule has 0 aliphatic carbocycles. The van der Waals surface area contributed by atoms with Crippen LogP contribution >= 0.6 is 24.0 Å². The van der Waals surface area contributed by atoms with E-state index in [1.807, 2.05) is 11.8 Å². The molecule has 5 heteroatoms. The number of hydrogen-bond acceptors (Lipinski definition) is 3. The molecule has 1 aromatic rings. The largest absolute Gasteiger partial charge is 0.376 e. The molecular formula is C15H20N2OS2. The van der Waals surface area contributed by atoms with Crippen molar-refractivity contribution < 1.29 is 4.74 Å². The van der Waals surface area contributed by atoms with Gasteiger partial charge in [0.05, 0.1) is 12.1 Å². The maximum Gasteiger partial charge on any atom is 0.166 e. The fraction of sp³-hybridized carbons (Fsp3) is 0.533. The van der Waals surface area contributed by atoms with Crippen LogP contribution in [0.2, 0.25) is 0 Å². The molecular weight excluding hydrogens is 288 g/mol. The zero-order valence-electron chi connectivity index (χ0n) is 11.4. The van der Waals surface area contributed by atoms with E-state index < -0.39 is 0 Å². The molecule has 20 heavy (non-hydrogen) atoms.